The standard InChI is InChI=1S/C17H18N2O2/c1-2-7-15(8-3-1)20-12-14-6-4-5-9-16(14)21-13-17-18-10-11-19-17/h1-9H,10-13H2,(H,18,19). The third-order valence-electron chi connectivity index (χ3n) is 3.22. The van der Waals surface area contributed by atoms with Crippen LogP contribution in [0.1, 0.15) is 5.56 Å². The van der Waals surface area contributed by atoms with Crippen molar-refractivity contribution in [3.63, 3.8) is 0 Å². The first kappa shape index (κ1) is 13.5. The summed E-state index contributed by atoms with van der Waals surface area (Å²) >= 11 is 0. The average molecular weight is 282 g/mol. The molecule has 0 bridgehead atoms. The van der Waals surface area contributed by atoms with Crippen molar-refractivity contribution < 1.29 is 9.47 Å². The maximum Gasteiger partial charge on any atom is 0.145 e. The van der Waals surface area contributed by atoms with Crippen LogP contribution in [0.2, 0.25) is 0 Å². The third-order valence-corrected chi connectivity index (χ3v) is 3.22. The van der Waals surface area contributed by atoms with E-state index in [1.165, 1.54) is 0 Å². The lowest BCUT2D eigenvalue weighted by molar-refractivity contribution is 0.292. The molecule has 2 aromatic carbocycles. The van der Waals surface area contributed by atoms with Crippen LogP contribution in [0.15, 0.2) is 59.6 Å². The Bertz CT molecular complexity index is 611. The van der Waals surface area contributed by atoms with E-state index in [0.717, 1.165) is 36.0 Å². The zero-order valence-electron chi connectivity index (χ0n) is 11.8. The van der Waals surface area contributed by atoms with E-state index in [2.05, 4.69) is 10.3 Å². The molecule has 1 heterocycles. The minimum atomic E-state index is 0.475. The Morgan fingerprint density at radius 2 is 1.71 bits per heavy atom. The van der Waals surface area contributed by atoms with Gasteiger partial charge in [-0.15, -0.1) is 0 Å². The molecule has 0 unspecified atom stereocenters. The molecular weight excluding hydrogens is 264 g/mol. The maximum absolute atomic E-state index is 5.84. The van der Waals surface area contributed by atoms with Crippen molar-refractivity contribution in [1.82, 2.24) is 5.32 Å². The molecular formula is C17H18N2O2. The Morgan fingerprint density at radius 1 is 0.905 bits per heavy atom. The van der Waals surface area contributed by atoms with Gasteiger partial charge in [0, 0.05) is 12.1 Å². The molecule has 0 radical (unpaired) electrons. The number of hydrogen-bond donors (Lipinski definition) is 1. The Morgan fingerprint density at radius 3 is 2.52 bits per heavy atom. The zero-order valence-corrected chi connectivity index (χ0v) is 11.8. The van der Waals surface area contributed by atoms with E-state index in [-0.39, 0.29) is 0 Å². The average Bonchev–Trinajstić information content (AvgIpc) is 3.06. The van der Waals surface area contributed by atoms with Gasteiger partial charge in [0.2, 0.25) is 0 Å². The van der Waals surface area contributed by atoms with Crippen LogP contribution in [0.4, 0.5) is 0 Å². The number of benzene rings is 2. The summed E-state index contributed by atoms with van der Waals surface area (Å²) in [6.07, 6.45) is 0. The van der Waals surface area contributed by atoms with E-state index in [4.69, 9.17) is 9.47 Å². The van der Waals surface area contributed by atoms with Gasteiger partial charge in [0.15, 0.2) is 0 Å². The Kier molecular flexibility index (Phi) is 4.36. The summed E-state index contributed by atoms with van der Waals surface area (Å²) < 4.78 is 11.6. The van der Waals surface area contributed by atoms with E-state index < -0.39 is 0 Å². The van der Waals surface area contributed by atoms with Crippen LogP contribution >= 0.6 is 0 Å². The fraction of sp³-hybridized carbons (Fsp3) is 0.235. The first-order chi connectivity index (χ1) is 10.4. The molecule has 0 saturated heterocycles. The fourth-order valence-corrected chi connectivity index (χ4v) is 2.13. The van der Waals surface area contributed by atoms with Gasteiger partial charge in [-0.1, -0.05) is 36.4 Å². The van der Waals surface area contributed by atoms with Crippen molar-refractivity contribution in [3.05, 3.63) is 60.2 Å². The second-order valence-corrected chi connectivity index (χ2v) is 4.75. The Balaban J connectivity index is 1.62. The number of ether oxygens (including phenoxy) is 2. The molecule has 4 heteroatoms. The van der Waals surface area contributed by atoms with Gasteiger partial charge in [0.1, 0.15) is 30.5 Å². The predicted octanol–water partition coefficient (Wildman–Crippen LogP) is 2.65. The van der Waals surface area contributed by atoms with Crippen molar-refractivity contribution in [2.75, 3.05) is 19.7 Å². The molecule has 108 valence electrons. The highest BCUT2D eigenvalue weighted by Crippen LogP contribution is 2.20. The number of para-hydroxylation sites is 2. The molecule has 0 fully saturated rings. The van der Waals surface area contributed by atoms with Crippen LogP contribution < -0.4 is 14.8 Å². The summed E-state index contributed by atoms with van der Waals surface area (Å²) in [5.74, 6) is 2.60. The van der Waals surface area contributed by atoms with Crippen LogP contribution in [0.3, 0.4) is 0 Å². The molecule has 3 rings (SSSR count). The van der Waals surface area contributed by atoms with Gasteiger partial charge in [-0.25, -0.2) is 0 Å². The number of hydrogen-bond acceptors (Lipinski definition) is 4. The highest BCUT2D eigenvalue weighted by Gasteiger charge is 2.08. The maximum atomic E-state index is 5.84. The molecule has 1 aliphatic rings. The summed E-state index contributed by atoms with van der Waals surface area (Å²) in [5.41, 5.74) is 1.03. The monoisotopic (exact) mass is 282 g/mol. The Labute approximate surface area is 124 Å². The number of rotatable bonds is 6. The van der Waals surface area contributed by atoms with Gasteiger partial charge in [0.25, 0.3) is 0 Å². The van der Waals surface area contributed by atoms with Crippen LogP contribution in [-0.4, -0.2) is 25.5 Å². The molecule has 0 aliphatic carbocycles. The van der Waals surface area contributed by atoms with Gasteiger partial charge >= 0.3 is 0 Å². The van der Waals surface area contributed by atoms with Gasteiger partial charge in [0.05, 0.1) is 6.54 Å². The van der Waals surface area contributed by atoms with E-state index >= 15 is 0 Å². The summed E-state index contributed by atoms with van der Waals surface area (Å²) in [4.78, 5) is 4.32. The van der Waals surface area contributed by atoms with Gasteiger partial charge in [-0.2, -0.15) is 0 Å². The van der Waals surface area contributed by atoms with Gasteiger partial charge in [-0.3, -0.25) is 4.99 Å². The van der Waals surface area contributed by atoms with Crippen molar-refractivity contribution in [1.29, 1.82) is 0 Å². The highest BCUT2D eigenvalue weighted by atomic mass is 16.5. The minimum absolute atomic E-state index is 0.475. The van der Waals surface area contributed by atoms with Gasteiger partial charge in [-0.05, 0) is 18.2 Å². The molecule has 0 saturated carbocycles. The quantitative estimate of drug-likeness (QED) is 0.885. The number of amidine groups is 1. The van der Waals surface area contributed by atoms with Crippen LogP contribution in [0, 0.1) is 0 Å². The van der Waals surface area contributed by atoms with Gasteiger partial charge < -0.3 is 14.8 Å². The fourth-order valence-electron chi connectivity index (χ4n) is 2.13. The molecule has 1 N–H and O–H groups in total. The zero-order chi connectivity index (χ0) is 14.3. The van der Waals surface area contributed by atoms with Crippen LogP contribution in [0.25, 0.3) is 0 Å². The van der Waals surface area contributed by atoms with E-state index in [1.807, 2.05) is 54.6 Å². The van der Waals surface area contributed by atoms with E-state index in [9.17, 15) is 0 Å². The molecule has 4 nitrogen and oxygen atoms in total. The third kappa shape index (κ3) is 3.75. The lowest BCUT2D eigenvalue weighted by atomic mass is 10.2. The molecule has 0 amide bonds. The predicted molar refractivity (Wildman–Crippen MR) is 83.0 cm³/mol. The van der Waals surface area contributed by atoms with Crippen molar-refractivity contribution in [3.8, 4) is 11.5 Å². The van der Waals surface area contributed by atoms with E-state index in [1.54, 1.807) is 0 Å². The SMILES string of the molecule is c1ccc(OCc2ccccc2OCC2=NCCN2)cc1. The normalized spacial score (nSPS) is 13.4. The summed E-state index contributed by atoms with van der Waals surface area (Å²) in [5, 5.41) is 3.20. The summed E-state index contributed by atoms with van der Waals surface area (Å²) in [6.45, 7) is 2.69. The van der Waals surface area contributed by atoms with Crippen molar-refractivity contribution in [2.45, 2.75) is 6.61 Å². The first-order valence-corrected chi connectivity index (χ1v) is 7.07. The number of nitrogens with one attached hydrogen (secondary N) is 1. The molecule has 21 heavy (non-hydrogen) atoms. The first-order valence-electron chi connectivity index (χ1n) is 7.07. The highest BCUT2D eigenvalue weighted by molar-refractivity contribution is 5.85. The Hall–Kier alpha value is -2.49. The smallest absolute Gasteiger partial charge is 0.145 e. The lowest BCUT2D eigenvalue weighted by Crippen LogP contribution is -2.25. The molecule has 1 aliphatic heterocycles. The molecule has 0 aromatic heterocycles. The second kappa shape index (κ2) is 6.79. The number of aliphatic imine (C=N–C) groups is 1. The van der Waals surface area contributed by atoms with Crippen LogP contribution in [-0.2, 0) is 6.61 Å². The van der Waals surface area contributed by atoms with Crippen LogP contribution in [0.5, 0.6) is 11.5 Å². The number of nitrogens with zero attached hydrogens (tertiary/aromatic N) is 1. The lowest BCUT2D eigenvalue weighted by Gasteiger charge is -2.12. The van der Waals surface area contributed by atoms with Crippen molar-refractivity contribution in [2.24, 2.45) is 4.99 Å². The minimum Gasteiger partial charge on any atom is -0.489 e. The summed E-state index contributed by atoms with van der Waals surface area (Å²) in [6, 6.07) is 17.7. The van der Waals surface area contributed by atoms with E-state index in [0.29, 0.717) is 13.2 Å². The molecule has 0 spiro atoms. The topological polar surface area (TPSA) is 42.9 Å². The second-order valence-electron chi connectivity index (χ2n) is 4.75. The largest absolute Gasteiger partial charge is 0.489 e. The molecule has 0 atom stereocenters. The summed E-state index contributed by atoms with van der Waals surface area (Å²) in [7, 11) is 0. The molecule has 2 aromatic rings. The van der Waals surface area contributed by atoms with Crippen molar-refractivity contribution >= 4 is 5.84 Å².